The van der Waals surface area contributed by atoms with Crippen molar-refractivity contribution in [3.05, 3.63) is 60.8 Å². The van der Waals surface area contributed by atoms with Crippen molar-refractivity contribution in [1.29, 1.82) is 0 Å². The average Bonchev–Trinajstić information content (AvgIpc) is 3.23. The van der Waals surface area contributed by atoms with E-state index in [-0.39, 0.29) is 25.6 Å². The molecule has 0 radical (unpaired) electrons. The fraction of sp³-hybridized carbons (Fsp3) is 0.776. The molecule has 0 aromatic heterocycles. The van der Waals surface area contributed by atoms with Crippen LogP contribution in [0.1, 0.15) is 200 Å². The van der Waals surface area contributed by atoms with E-state index >= 15 is 0 Å². The van der Waals surface area contributed by atoms with Crippen LogP contribution >= 0.6 is 7.82 Å². The summed E-state index contributed by atoms with van der Waals surface area (Å²) in [5.41, 5.74) is 0. The third-order valence-corrected chi connectivity index (χ3v) is 10.9. The first-order valence-corrected chi connectivity index (χ1v) is 25.3. The highest BCUT2D eigenvalue weighted by molar-refractivity contribution is 7.47. The average molecular weight is 853 g/mol. The van der Waals surface area contributed by atoms with Crippen molar-refractivity contribution in [2.75, 3.05) is 33.0 Å². The van der Waals surface area contributed by atoms with Crippen LogP contribution in [0.3, 0.4) is 0 Å². The van der Waals surface area contributed by atoms with Crippen LogP contribution in [0, 0.1) is 0 Å². The lowest BCUT2D eigenvalue weighted by Crippen LogP contribution is -2.29. The van der Waals surface area contributed by atoms with Crippen molar-refractivity contribution < 1.29 is 43.0 Å². The summed E-state index contributed by atoms with van der Waals surface area (Å²) in [4.78, 5) is 22.6. The maximum atomic E-state index is 12.6. The Balaban J connectivity index is 4.15. The van der Waals surface area contributed by atoms with E-state index in [4.69, 9.17) is 23.6 Å². The molecule has 0 fully saturated rings. The number of aliphatic hydroxyl groups excluding tert-OH is 2. The monoisotopic (exact) mass is 853 g/mol. The van der Waals surface area contributed by atoms with Gasteiger partial charge in [0.05, 0.1) is 26.4 Å². The molecule has 0 aliphatic heterocycles. The normalized spacial score (nSPS) is 14.5. The number of phosphoric acid groups is 1. The van der Waals surface area contributed by atoms with Crippen molar-refractivity contribution in [3.63, 3.8) is 0 Å². The summed E-state index contributed by atoms with van der Waals surface area (Å²) in [5, 5.41) is 18.4. The highest BCUT2D eigenvalue weighted by atomic mass is 31.2. The Labute approximate surface area is 361 Å². The van der Waals surface area contributed by atoms with Crippen molar-refractivity contribution >= 4 is 13.8 Å². The number of hydrogen-bond donors (Lipinski definition) is 3. The molecule has 10 heteroatoms. The third-order valence-electron chi connectivity index (χ3n) is 9.97. The molecule has 0 aliphatic rings. The lowest BCUT2D eigenvalue weighted by atomic mass is 10.0. The number of allylic oxidation sites excluding steroid dienone is 10. The van der Waals surface area contributed by atoms with Crippen LogP contribution in [0.2, 0.25) is 0 Å². The Morgan fingerprint density at radius 1 is 0.542 bits per heavy atom. The number of carbonyl (C=O) groups is 1. The first-order chi connectivity index (χ1) is 28.8. The molecule has 3 N–H and O–H groups in total. The van der Waals surface area contributed by atoms with Gasteiger partial charge in [-0.05, 0) is 57.8 Å². The highest BCUT2D eigenvalue weighted by Gasteiger charge is 2.26. The van der Waals surface area contributed by atoms with Crippen LogP contribution in [-0.4, -0.2) is 66.3 Å². The standard InChI is InChI=1S/C49H89O9P/c1-3-5-7-9-11-13-15-17-19-21-22-23-24-25-26-28-30-32-34-36-38-40-42-55-45-48(46-57-59(53,54)56-44-47(51)43-50)58-49(52)41-39-37-35-33-31-29-27-20-18-16-14-12-10-8-6-4-2/h5,7,11,13,17,19,22-23,25-26,47-48,50-51H,3-4,6,8-10,12,14-16,18,20-21,24,27-46H2,1-2H3,(H,53,54)/b7-5-,13-11-,19-17-,23-22-,26-25-. The smallest absolute Gasteiger partial charge is 0.457 e. The minimum atomic E-state index is -4.53. The van der Waals surface area contributed by atoms with Gasteiger partial charge in [0.15, 0.2) is 0 Å². The van der Waals surface area contributed by atoms with Gasteiger partial charge in [0.1, 0.15) is 12.2 Å². The predicted octanol–water partition coefficient (Wildman–Crippen LogP) is 13.5. The van der Waals surface area contributed by atoms with Crippen molar-refractivity contribution in [1.82, 2.24) is 0 Å². The minimum absolute atomic E-state index is 0.0389. The second kappa shape index (κ2) is 45.7. The van der Waals surface area contributed by atoms with Crippen LogP contribution in [-0.2, 0) is 27.9 Å². The number of unbranched alkanes of at least 4 members (excludes halogenated alkanes) is 21. The molecule has 0 aromatic rings. The van der Waals surface area contributed by atoms with E-state index in [1.165, 1.54) is 103 Å². The van der Waals surface area contributed by atoms with E-state index in [1.807, 2.05) is 0 Å². The van der Waals surface area contributed by atoms with Crippen molar-refractivity contribution in [2.24, 2.45) is 0 Å². The fourth-order valence-corrected chi connectivity index (χ4v) is 7.17. The second-order valence-corrected chi connectivity index (χ2v) is 17.2. The molecule has 0 rings (SSSR count). The molecule has 344 valence electrons. The molecule has 3 unspecified atom stereocenters. The maximum Gasteiger partial charge on any atom is 0.472 e. The molecule has 3 atom stereocenters. The zero-order valence-corrected chi connectivity index (χ0v) is 38.6. The molecule has 0 aliphatic carbocycles. The van der Waals surface area contributed by atoms with Crippen LogP contribution < -0.4 is 0 Å². The van der Waals surface area contributed by atoms with Gasteiger partial charge in [-0.15, -0.1) is 0 Å². The number of hydrogen-bond acceptors (Lipinski definition) is 8. The van der Waals surface area contributed by atoms with Gasteiger partial charge < -0.3 is 24.6 Å². The minimum Gasteiger partial charge on any atom is -0.457 e. The molecule has 0 heterocycles. The largest absolute Gasteiger partial charge is 0.472 e. The Morgan fingerprint density at radius 2 is 0.966 bits per heavy atom. The first kappa shape index (κ1) is 57.2. The third kappa shape index (κ3) is 45.5. The van der Waals surface area contributed by atoms with E-state index in [0.717, 1.165) is 77.0 Å². The number of rotatable bonds is 45. The van der Waals surface area contributed by atoms with Gasteiger partial charge in [-0.2, -0.15) is 0 Å². The molecule has 59 heavy (non-hydrogen) atoms. The lowest BCUT2D eigenvalue weighted by Gasteiger charge is -2.20. The van der Waals surface area contributed by atoms with Gasteiger partial charge in [-0.3, -0.25) is 13.8 Å². The molecule has 0 aromatic carbocycles. The molecule has 0 saturated heterocycles. The maximum absolute atomic E-state index is 12.6. The number of ether oxygens (including phenoxy) is 2. The number of carbonyl (C=O) groups excluding carboxylic acids is 1. The highest BCUT2D eigenvalue weighted by Crippen LogP contribution is 2.43. The summed E-state index contributed by atoms with van der Waals surface area (Å²) in [6.45, 7) is 3.39. The van der Waals surface area contributed by atoms with Gasteiger partial charge in [-0.25, -0.2) is 4.57 Å². The van der Waals surface area contributed by atoms with Gasteiger partial charge >= 0.3 is 13.8 Å². The number of phosphoric ester groups is 1. The van der Waals surface area contributed by atoms with E-state index in [9.17, 15) is 19.4 Å². The summed E-state index contributed by atoms with van der Waals surface area (Å²) < 4.78 is 33.4. The summed E-state index contributed by atoms with van der Waals surface area (Å²) in [6, 6.07) is 0. The molecule has 0 bridgehead atoms. The Hall–Kier alpha value is -1.84. The van der Waals surface area contributed by atoms with Crippen LogP contribution in [0.25, 0.3) is 0 Å². The zero-order chi connectivity index (χ0) is 43.2. The van der Waals surface area contributed by atoms with Gasteiger partial charge in [0.2, 0.25) is 0 Å². The van der Waals surface area contributed by atoms with E-state index in [2.05, 4.69) is 74.6 Å². The summed E-state index contributed by atoms with van der Waals surface area (Å²) in [6.07, 6.45) is 53.2. The van der Waals surface area contributed by atoms with E-state index in [1.54, 1.807) is 0 Å². The summed E-state index contributed by atoms with van der Waals surface area (Å²) in [5.74, 6) is -0.387. The van der Waals surface area contributed by atoms with Crippen LogP contribution in [0.4, 0.5) is 0 Å². The summed E-state index contributed by atoms with van der Waals surface area (Å²) in [7, 11) is -4.53. The SMILES string of the molecule is CC/C=C\C/C=C\C/C=C\C/C=C\C/C=C\CCCCCCCCOCC(COP(=O)(O)OCC(O)CO)OC(=O)CCCCCCCCCCCCCCCCCC. The lowest BCUT2D eigenvalue weighted by molar-refractivity contribution is -0.154. The first-order valence-electron chi connectivity index (χ1n) is 23.8. The molecule has 9 nitrogen and oxygen atoms in total. The molecule has 0 saturated carbocycles. The van der Waals surface area contributed by atoms with Gasteiger partial charge in [0, 0.05) is 13.0 Å². The zero-order valence-electron chi connectivity index (χ0n) is 37.7. The molecular formula is C49H89O9P. The summed E-state index contributed by atoms with van der Waals surface area (Å²) >= 11 is 0. The Kier molecular flexibility index (Phi) is 44.3. The molecule has 0 amide bonds. The van der Waals surface area contributed by atoms with Gasteiger partial charge in [0.25, 0.3) is 0 Å². The molecular weight excluding hydrogens is 764 g/mol. The quantitative estimate of drug-likeness (QED) is 0.0237. The Bertz CT molecular complexity index is 1100. The topological polar surface area (TPSA) is 132 Å². The van der Waals surface area contributed by atoms with Gasteiger partial charge in [-0.1, -0.05) is 197 Å². The second-order valence-electron chi connectivity index (χ2n) is 15.8. The van der Waals surface area contributed by atoms with E-state index in [0.29, 0.717) is 6.61 Å². The van der Waals surface area contributed by atoms with E-state index < -0.39 is 33.2 Å². The predicted molar refractivity (Wildman–Crippen MR) is 246 cm³/mol. The number of esters is 1. The van der Waals surface area contributed by atoms with Crippen molar-refractivity contribution in [2.45, 2.75) is 212 Å². The van der Waals surface area contributed by atoms with Crippen molar-refractivity contribution in [3.8, 4) is 0 Å². The fourth-order valence-electron chi connectivity index (χ4n) is 6.38. The molecule has 0 spiro atoms. The number of aliphatic hydroxyl groups is 2. The van der Waals surface area contributed by atoms with Crippen LogP contribution in [0.15, 0.2) is 60.8 Å². The Morgan fingerprint density at radius 3 is 1.46 bits per heavy atom. The van der Waals surface area contributed by atoms with Crippen LogP contribution in [0.5, 0.6) is 0 Å².